The van der Waals surface area contributed by atoms with Gasteiger partial charge in [-0.15, -0.1) is 0 Å². The minimum atomic E-state index is 0.281. The van der Waals surface area contributed by atoms with Crippen molar-refractivity contribution in [2.24, 2.45) is 0 Å². The van der Waals surface area contributed by atoms with Gasteiger partial charge in [-0.05, 0) is 0 Å². The van der Waals surface area contributed by atoms with E-state index in [0.717, 1.165) is 18.7 Å². The van der Waals surface area contributed by atoms with Crippen LogP contribution in [0.3, 0.4) is 0 Å². The standard InChI is InChI=1S/C7H9N3/c8-2-5-1-6-3-9-4-7(5)10-6/h1,6-7,9-10H,3-4H2. The average molecular weight is 135 g/mol. The lowest BCUT2D eigenvalue weighted by Crippen LogP contribution is -2.50. The molecule has 2 aliphatic rings. The third kappa shape index (κ3) is 0.737. The van der Waals surface area contributed by atoms with Gasteiger partial charge in [-0.1, -0.05) is 6.08 Å². The van der Waals surface area contributed by atoms with Crippen molar-refractivity contribution in [1.82, 2.24) is 10.6 Å². The lowest BCUT2D eigenvalue weighted by Gasteiger charge is -2.22. The fraction of sp³-hybridized carbons (Fsp3) is 0.571. The van der Waals surface area contributed by atoms with Crippen LogP contribution >= 0.6 is 0 Å². The van der Waals surface area contributed by atoms with Crippen molar-refractivity contribution in [3.05, 3.63) is 11.6 Å². The molecule has 2 heterocycles. The molecule has 1 saturated heterocycles. The molecule has 52 valence electrons. The summed E-state index contributed by atoms with van der Waals surface area (Å²) in [5.41, 5.74) is 0.898. The van der Waals surface area contributed by atoms with Crippen LogP contribution in [0.5, 0.6) is 0 Å². The molecule has 3 nitrogen and oxygen atoms in total. The highest BCUT2D eigenvalue weighted by Gasteiger charge is 2.28. The summed E-state index contributed by atoms with van der Waals surface area (Å²) in [6, 6.07) is 2.87. The third-order valence-corrected chi connectivity index (χ3v) is 2.01. The maximum Gasteiger partial charge on any atom is 0.0961 e. The molecule has 0 aromatic carbocycles. The second-order valence-corrected chi connectivity index (χ2v) is 2.72. The van der Waals surface area contributed by atoms with E-state index in [-0.39, 0.29) is 6.04 Å². The van der Waals surface area contributed by atoms with E-state index in [9.17, 15) is 0 Å². The van der Waals surface area contributed by atoms with Crippen LogP contribution in [0.25, 0.3) is 0 Å². The van der Waals surface area contributed by atoms with Gasteiger partial charge in [0, 0.05) is 24.7 Å². The smallest absolute Gasteiger partial charge is 0.0961 e. The Bertz CT molecular complexity index is 213. The van der Waals surface area contributed by atoms with Crippen molar-refractivity contribution in [3.8, 4) is 6.07 Å². The van der Waals surface area contributed by atoms with E-state index in [2.05, 4.69) is 16.7 Å². The summed E-state index contributed by atoms with van der Waals surface area (Å²) in [7, 11) is 0. The van der Waals surface area contributed by atoms with Crippen molar-refractivity contribution in [2.75, 3.05) is 13.1 Å². The Morgan fingerprint density at radius 1 is 1.60 bits per heavy atom. The topological polar surface area (TPSA) is 47.9 Å². The van der Waals surface area contributed by atoms with Crippen molar-refractivity contribution < 1.29 is 0 Å². The molecule has 0 radical (unpaired) electrons. The van der Waals surface area contributed by atoms with Gasteiger partial charge in [-0.2, -0.15) is 5.26 Å². The van der Waals surface area contributed by atoms with Crippen LogP contribution in [0.1, 0.15) is 0 Å². The maximum atomic E-state index is 8.63. The van der Waals surface area contributed by atoms with Crippen LogP contribution < -0.4 is 10.6 Å². The molecule has 0 amide bonds. The summed E-state index contributed by atoms with van der Waals surface area (Å²) in [4.78, 5) is 0. The molecule has 10 heavy (non-hydrogen) atoms. The molecule has 2 aliphatic heterocycles. The van der Waals surface area contributed by atoms with Gasteiger partial charge < -0.3 is 10.6 Å². The molecule has 2 bridgehead atoms. The summed E-state index contributed by atoms with van der Waals surface area (Å²) in [6.45, 7) is 1.86. The molecule has 0 saturated carbocycles. The van der Waals surface area contributed by atoms with E-state index in [0.29, 0.717) is 6.04 Å². The van der Waals surface area contributed by atoms with Gasteiger partial charge in [0.25, 0.3) is 0 Å². The number of nitriles is 1. The number of hydrogen-bond acceptors (Lipinski definition) is 3. The van der Waals surface area contributed by atoms with Gasteiger partial charge in [-0.25, -0.2) is 0 Å². The van der Waals surface area contributed by atoms with Crippen LogP contribution in [0.2, 0.25) is 0 Å². The van der Waals surface area contributed by atoms with Gasteiger partial charge in [0.1, 0.15) is 0 Å². The third-order valence-electron chi connectivity index (χ3n) is 2.01. The molecule has 3 heteroatoms. The summed E-state index contributed by atoms with van der Waals surface area (Å²) < 4.78 is 0. The first-order valence-corrected chi connectivity index (χ1v) is 3.49. The number of piperazine rings is 1. The minimum absolute atomic E-state index is 0.281. The van der Waals surface area contributed by atoms with Crippen molar-refractivity contribution in [2.45, 2.75) is 12.1 Å². The Kier molecular flexibility index (Phi) is 1.23. The highest BCUT2D eigenvalue weighted by molar-refractivity contribution is 5.35. The van der Waals surface area contributed by atoms with Gasteiger partial charge in [0.05, 0.1) is 12.1 Å². The number of rotatable bonds is 0. The minimum Gasteiger partial charge on any atom is -0.313 e. The fourth-order valence-electron chi connectivity index (χ4n) is 1.51. The quantitative estimate of drug-likeness (QED) is 0.465. The Morgan fingerprint density at radius 3 is 3.20 bits per heavy atom. The van der Waals surface area contributed by atoms with E-state index in [4.69, 9.17) is 5.26 Å². The second kappa shape index (κ2) is 2.08. The van der Waals surface area contributed by atoms with Crippen LogP contribution in [0, 0.1) is 11.3 Å². The van der Waals surface area contributed by atoms with Crippen LogP contribution in [0.15, 0.2) is 11.6 Å². The van der Waals surface area contributed by atoms with Crippen molar-refractivity contribution in [3.63, 3.8) is 0 Å². The summed E-state index contributed by atoms with van der Waals surface area (Å²) in [5.74, 6) is 0. The van der Waals surface area contributed by atoms with Crippen molar-refractivity contribution >= 4 is 0 Å². The first-order valence-electron chi connectivity index (χ1n) is 3.49. The zero-order chi connectivity index (χ0) is 6.97. The van der Waals surface area contributed by atoms with E-state index >= 15 is 0 Å². The molecule has 2 N–H and O–H groups in total. The zero-order valence-corrected chi connectivity index (χ0v) is 5.59. The second-order valence-electron chi connectivity index (χ2n) is 2.72. The van der Waals surface area contributed by atoms with Crippen LogP contribution in [-0.2, 0) is 0 Å². The van der Waals surface area contributed by atoms with Gasteiger partial charge in [0.15, 0.2) is 0 Å². The number of fused-ring (bicyclic) bond motifs is 2. The zero-order valence-electron chi connectivity index (χ0n) is 5.59. The van der Waals surface area contributed by atoms with E-state index in [1.165, 1.54) is 0 Å². The number of hydrogen-bond donors (Lipinski definition) is 2. The largest absolute Gasteiger partial charge is 0.313 e. The first kappa shape index (κ1) is 5.90. The molecular weight excluding hydrogens is 126 g/mol. The molecular formula is C7H9N3. The van der Waals surface area contributed by atoms with Gasteiger partial charge in [-0.3, -0.25) is 0 Å². The van der Waals surface area contributed by atoms with Gasteiger partial charge in [0.2, 0.25) is 0 Å². The Morgan fingerprint density at radius 2 is 2.50 bits per heavy atom. The monoisotopic (exact) mass is 135 g/mol. The Labute approximate surface area is 59.7 Å². The lowest BCUT2D eigenvalue weighted by molar-refractivity contribution is 0.440. The number of nitrogens with one attached hydrogen (secondary N) is 2. The summed E-state index contributed by atoms with van der Waals surface area (Å²) in [6.07, 6.45) is 2.02. The molecule has 2 atom stereocenters. The SMILES string of the molecule is N#CC1=CC2CNCC1N2. The molecule has 0 aromatic heterocycles. The fourth-order valence-corrected chi connectivity index (χ4v) is 1.51. The molecule has 0 spiro atoms. The van der Waals surface area contributed by atoms with E-state index < -0.39 is 0 Å². The highest BCUT2D eigenvalue weighted by atomic mass is 15.1. The maximum absolute atomic E-state index is 8.63. The number of nitrogens with zero attached hydrogens (tertiary/aromatic N) is 1. The van der Waals surface area contributed by atoms with Crippen LogP contribution in [0.4, 0.5) is 0 Å². The first-order chi connectivity index (χ1) is 4.90. The highest BCUT2D eigenvalue weighted by Crippen LogP contribution is 2.14. The summed E-state index contributed by atoms with van der Waals surface area (Å²) in [5, 5.41) is 15.2. The normalized spacial score (nSPS) is 36.9. The summed E-state index contributed by atoms with van der Waals surface area (Å²) >= 11 is 0. The van der Waals surface area contributed by atoms with E-state index in [1.54, 1.807) is 0 Å². The predicted molar refractivity (Wildman–Crippen MR) is 37.3 cm³/mol. The molecule has 2 rings (SSSR count). The molecule has 2 unspecified atom stereocenters. The Hall–Kier alpha value is -0.850. The van der Waals surface area contributed by atoms with Crippen LogP contribution in [-0.4, -0.2) is 25.2 Å². The predicted octanol–water partition coefficient (Wildman–Crippen LogP) is -0.620. The molecule has 1 fully saturated rings. The van der Waals surface area contributed by atoms with E-state index in [1.807, 2.05) is 6.08 Å². The van der Waals surface area contributed by atoms with Gasteiger partial charge >= 0.3 is 0 Å². The lowest BCUT2D eigenvalue weighted by atomic mass is 10.1. The van der Waals surface area contributed by atoms with Crippen molar-refractivity contribution in [1.29, 1.82) is 5.26 Å². The molecule has 0 aliphatic carbocycles. The molecule has 0 aromatic rings. The average Bonchev–Trinajstić information content (AvgIpc) is 2.26. The Balaban J connectivity index is 2.23.